The molecule has 0 aromatic heterocycles. The average Bonchev–Trinajstić information content (AvgIpc) is 2.78. The lowest BCUT2D eigenvalue weighted by Crippen LogP contribution is -2.35. The second kappa shape index (κ2) is 4.47. The normalized spacial score (nSPS) is 26.9. The molecule has 0 spiro atoms. The zero-order chi connectivity index (χ0) is 12.7. The highest BCUT2D eigenvalue weighted by Crippen LogP contribution is 2.46. The van der Waals surface area contributed by atoms with Crippen molar-refractivity contribution in [2.45, 2.75) is 44.6 Å². The predicted octanol–water partition coefficient (Wildman–Crippen LogP) is 2.61. The van der Waals surface area contributed by atoms with Crippen molar-refractivity contribution in [1.82, 2.24) is 4.90 Å². The van der Waals surface area contributed by atoms with E-state index in [1.54, 1.807) is 6.07 Å². The molecule has 98 valence electrons. The molecule has 0 amide bonds. The number of fused-ring (bicyclic) bond motifs is 3. The molecule has 2 unspecified atom stereocenters. The van der Waals surface area contributed by atoms with Crippen molar-refractivity contribution >= 4 is 0 Å². The van der Waals surface area contributed by atoms with Crippen molar-refractivity contribution in [2.24, 2.45) is 0 Å². The molecular weight excluding hydrogens is 226 g/mol. The molecule has 1 aliphatic carbocycles. The number of rotatable bonds is 2. The van der Waals surface area contributed by atoms with Crippen molar-refractivity contribution in [3.63, 3.8) is 0 Å². The molecule has 0 radical (unpaired) electrons. The maximum absolute atomic E-state index is 9.97. The molecule has 0 bridgehead atoms. The van der Waals surface area contributed by atoms with Crippen LogP contribution in [0.4, 0.5) is 0 Å². The van der Waals surface area contributed by atoms with E-state index in [1.807, 2.05) is 6.07 Å². The van der Waals surface area contributed by atoms with Crippen LogP contribution in [0.1, 0.15) is 43.2 Å². The summed E-state index contributed by atoms with van der Waals surface area (Å²) in [4.78, 5) is 2.59. The van der Waals surface area contributed by atoms with Crippen molar-refractivity contribution in [3.8, 4) is 11.5 Å². The summed E-state index contributed by atoms with van der Waals surface area (Å²) in [5.41, 5.74) is 2.25. The van der Waals surface area contributed by atoms with Crippen molar-refractivity contribution in [2.75, 3.05) is 13.1 Å². The van der Waals surface area contributed by atoms with Gasteiger partial charge in [-0.2, -0.15) is 0 Å². The fraction of sp³-hybridized carbons (Fsp3) is 0.600. The minimum atomic E-state index is 0.0237. The van der Waals surface area contributed by atoms with E-state index in [2.05, 4.69) is 11.8 Å². The highest BCUT2D eigenvalue weighted by Gasteiger charge is 2.39. The molecule has 2 atom stereocenters. The second-order valence-corrected chi connectivity index (χ2v) is 5.54. The Labute approximate surface area is 108 Å². The fourth-order valence-electron chi connectivity index (χ4n) is 3.77. The van der Waals surface area contributed by atoms with Gasteiger partial charge in [0.05, 0.1) is 0 Å². The standard InChI is InChI=1S/C15H21NO2/c1-2-8-16-9-7-11-10-4-6-14(17)15(18)12(10)3-5-13(11)16/h4,6,11,13,17-18H,2-3,5,7-9H2,1H3. The first kappa shape index (κ1) is 11.8. The van der Waals surface area contributed by atoms with Crippen LogP contribution in [0.5, 0.6) is 11.5 Å². The first-order valence-electron chi connectivity index (χ1n) is 7.00. The van der Waals surface area contributed by atoms with Gasteiger partial charge in [-0.15, -0.1) is 0 Å². The van der Waals surface area contributed by atoms with Gasteiger partial charge < -0.3 is 10.2 Å². The third kappa shape index (κ3) is 1.69. The van der Waals surface area contributed by atoms with E-state index in [0.717, 1.165) is 18.4 Å². The maximum atomic E-state index is 9.97. The van der Waals surface area contributed by atoms with Crippen LogP contribution in [0.3, 0.4) is 0 Å². The van der Waals surface area contributed by atoms with E-state index in [0.29, 0.717) is 12.0 Å². The Bertz CT molecular complexity index is 458. The van der Waals surface area contributed by atoms with E-state index in [9.17, 15) is 10.2 Å². The summed E-state index contributed by atoms with van der Waals surface area (Å²) in [6.45, 7) is 4.58. The van der Waals surface area contributed by atoms with Gasteiger partial charge in [0.1, 0.15) is 0 Å². The van der Waals surface area contributed by atoms with Gasteiger partial charge in [-0.05, 0) is 50.4 Å². The Morgan fingerprint density at radius 1 is 1.28 bits per heavy atom. The molecule has 1 aliphatic heterocycles. The molecule has 1 aromatic rings. The fourth-order valence-corrected chi connectivity index (χ4v) is 3.77. The summed E-state index contributed by atoms with van der Waals surface area (Å²) >= 11 is 0. The molecule has 1 heterocycles. The summed E-state index contributed by atoms with van der Waals surface area (Å²) in [6.07, 6.45) is 4.38. The molecule has 2 N–H and O–H groups in total. The molecule has 0 saturated carbocycles. The van der Waals surface area contributed by atoms with Crippen LogP contribution in [0, 0.1) is 0 Å². The van der Waals surface area contributed by atoms with E-state index < -0.39 is 0 Å². The summed E-state index contributed by atoms with van der Waals surface area (Å²) in [5.74, 6) is 0.683. The third-order valence-electron chi connectivity index (χ3n) is 4.56. The van der Waals surface area contributed by atoms with Crippen LogP contribution in [-0.4, -0.2) is 34.2 Å². The number of hydrogen-bond acceptors (Lipinski definition) is 3. The molecule has 3 heteroatoms. The topological polar surface area (TPSA) is 43.7 Å². The van der Waals surface area contributed by atoms with Crippen LogP contribution in [0.2, 0.25) is 0 Å². The van der Waals surface area contributed by atoms with Crippen LogP contribution in [0.15, 0.2) is 12.1 Å². The zero-order valence-corrected chi connectivity index (χ0v) is 10.9. The van der Waals surface area contributed by atoms with Crippen LogP contribution < -0.4 is 0 Å². The van der Waals surface area contributed by atoms with E-state index in [-0.39, 0.29) is 11.5 Å². The quantitative estimate of drug-likeness (QED) is 0.790. The van der Waals surface area contributed by atoms with Gasteiger partial charge in [0.25, 0.3) is 0 Å². The Kier molecular flexibility index (Phi) is 2.94. The SMILES string of the molecule is CCCN1CCC2c3ccc(O)c(O)c3CCC21. The summed E-state index contributed by atoms with van der Waals surface area (Å²) in [7, 11) is 0. The summed E-state index contributed by atoms with van der Waals surface area (Å²) < 4.78 is 0. The number of phenolic OH excluding ortho intramolecular Hbond substituents is 2. The van der Waals surface area contributed by atoms with Gasteiger partial charge in [0.15, 0.2) is 11.5 Å². The maximum Gasteiger partial charge on any atom is 0.160 e. The van der Waals surface area contributed by atoms with Crippen molar-refractivity contribution in [1.29, 1.82) is 0 Å². The van der Waals surface area contributed by atoms with Crippen LogP contribution in [0.25, 0.3) is 0 Å². The molecule has 1 aromatic carbocycles. The summed E-state index contributed by atoms with van der Waals surface area (Å²) in [6, 6.07) is 4.29. The average molecular weight is 247 g/mol. The molecule has 1 saturated heterocycles. The Balaban J connectivity index is 1.94. The minimum absolute atomic E-state index is 0.0237. The van der Waals surface area contributed by atoms with Crippen molar-refractivity contribution < 1.29 is 10.2 Å². The number of phenols is 2. The van der Waals surface area contributed by atoms with Crippen LogP contribution in [-0.2, 0) is 6.42 Å². The number of nitrogens with zero attached hydrogens (tertiary/aromatic N) is 1. The Morgan fingerprint density at radius 3 is 2.89 bits per heavy atom. The lowest BCUT2D eigenvalue weighted by Gasteiger charge is -2.33. The summed E-state index contributed by atoms with van der Waals surface area (Å²) in [5, 5.41) is 19.6. The van der Waals surface area contributed by atoms with Gasteiger partial charge in [-0.1, -0.05) is 13.0 Å². The molecule has 2 aliphatic rings. The predicted molar refractivity (Wildman–Crippen MR) is 71.1 cm³/mol. The molecule has 3 rings (SSSR count). The van der Waals surface area contributed by atoms with E-state index >= 15 is 0 Å². The van der Waals surface area contributed by atoms with E-state index in [4.69, 9.17) is 0 Å². The smallest absolute Gasteiger partial charge is 0.160 e. The minimum Gasteiger partial charge on any atom is -0.504 e. The number of likely N-dealkylation sites (tertiary alicyclic amines) is 1. The van der Waals surface area contributed by atoms with E-state index in [1.165, 1.54) is 31.5 Å². The number of aromatic hydroxyl groups is 2. The number of benzene rings is 1. The molecule has 3 nitrogen and oxygen atoms in total. The number of hydrogen-bond donors (Lipinski definition) is 2. The van der Waals surface area contributed by atoms with Gasteiger partial charge in [-0.25, -0.2) is 0 Å². The Morgan fingerprint density at radius 2 is 2.11 bits per heavy atom. The monoisotopic (exact) mass is 247 g/mol. The van der Waals surface area contributed by atoms with Crippen LogP contribution >= 0.6 is 0 Å². The lowest BCUT2D eigenvalue weighted by atomic mass is 9.79. The van der Waals surface area contributed by atoms with Gasteiger partial charge in [0.2, 0.25) is 0 Å². The van der Waals surface area contributed by atoms with Gasteiger partial charge >= 0.3 is 0 Å². The van der Waals surface area contributed by atoms with Crippen molar-refractivity contribution in [3.05, 3.63) is 23.3 Å². The first-order chi connectivity index (χ1) is 8.72. The Hall–Kier alpha value is -1.22. The lowest BCUT2D eigenvalue weighted by molar-refractivity contribution is 0.226. The first-order valence-corrected chi connectivity index (χ1v) is 7.00. The highest BCUT2D eigenvalue weighted by atomic mass is 16.3. The largest absolute Gasteiger partial charge is 0.504 e. The third-order valence-corrected chi connectivity index (χ3v) is 4.56. The van der Waals surface area contributed by atoms with Gasteiger partial charge in [0, 0.05) is 17.5 Å². The molecule has 18 heavy (non-hydrogen) atoms. The molecule has 1 fully saturated rings. The molecular formula is C15H21NO2. The second-order valence-electron chi connectivity index (χ2n) is 5.54. The van der Waals surface area contributed by atoms with Gasteiger partial charge in [-0.3, -0.25) is 4.90 Å². The highest BCUT2D eigenvalue weighted by molar-refractivity contribution is 5.52. The zero-order valence-electron chi connectivity index (χ0n) is 10.9.